The molecule has 1 fully saturated rings. The summed E-state index contributed by atoms with van der Waals surface area (Å²) in [6, 6.07) is 4.40. The third-order valence-corrected chi connectivity index (χ3v) is 5.22. The van der Waals surface area contributed by atoms with Crippen molar-refractivity contribution in [3.8, 4) is 0 Å². The van der Waals surface area contributed by atoms with Gasteiger partial charge in [-0.05, 0) is 31.5 Å². The number of rotatable bonds is 4. The predicted octanol–water partition coefficient (Wildman–Crippen LogP) is 1.63. The van der Waals surface area contributed by atoms with E-state index in [1.165, 1.54) is 12.1 Å². The SMILES string of the molecule is CC1OCCC1CNS(=O)(=O)c1cc(N)ccc1Cl. The van der Waals surface area contributed by atoms with Gasteiger partial charge in [0, 0.05) is 24.8 Å². The third-order valence-electron chi connectivity index (χ3n) is 3.31. The lowest BCUT2D eigenvalue weighted by molar-refractivity contribution is 0.107. The number of nitrogens with one attached hydrogen (secondary N) is 1. The molecule has 0 aromatic heterocycles. The number of hydrogen-bond acceptors (Lipinski definition) is 4. The van der Waals surface area contributed by atoms with Crippen LogP contribution in [0.4, 0.5) is 5.69 Å². The van der Waals surface area contributed by atoms with Crippen molar-refractivity contribution in [2.75, 3.05) is 18.9 Å². The molecule has 1 aromatic carbocycles. The number of ether oxygens (including phenoxy) is 1. The van der Waals surface area contributed by atoms with Crippen LogP contribution < -0.4 is 10.5 Å². The van der Waals surface area contributed by atoms with Crippen molar-refractivity contribution in [1.29, 1.82) is 0 Å². The van der Waals surface area contributed by atoms with E-state index in [9.17, 15) is 8.42 Å². The van der Waals surface area contributed by atoms with E-state index in [4.69, 9.17) is 22.1 Å². The van der Waals surface area contributed by atoms with Gasteiger partial charge in [0.05, 0.1) is 11.1 Å². The van der Waals surface area contributed by atoms with Gasteiger partial charge in [0.15, 0.2) is 0 Å². The summed E-state index contributed by atoms with van der Waals surface area (Å²) in [5.74, 6) is 0.189. The molecule has 0 bridgehead atoms. The van der Waals surface area contributed by atoms with E-state index in [-0.39, 0.29) is 21.9 Å². The van der Waals surface area contributed by atoms with Gasteiger partial charge in [-0.3, -0.25) is 0 Å². The van der Waals surface area contributed by atoms with Crippen LogP contribution in [0.2, 0.25) is 5.02 Å². The molecule has 0 aliphatic carbocycles. The summed E-state index contributed by atoms with van der Waals surface area (Å²) in [4.78, 5) is 0.0146. The van der Waals surface area contributed by atoms with Crippen LogP contribution >= 0.6 is 11.6 Å². The first-order chi connectivity index (χ1) is 8.90. The summed E-state index contributed by atoms with van der Waals surface area (Å²) in [6.45, 7) is 2.96. The van der Waals surface area contributed by atoms with E-state index in [1.807, 2.05) is 6.92 Å². The fourth-order valence-electron chi connectivity index (χ4n) is 2.06. The summed E-state index contributed by atoms with van der Waals surface area (Å²) < 4.78 is 32.3. The third kappa shape index (κ3) is 3.39. The number of halogens is 1. The largest absolute Gasteiger partial charge is 0.399 e. The van der Waals surface area contributed by atoms with Crippen molar-refractivity contribution < 1.29 is 13.2 Å². The van der Waals surface area contributed by atoms with Crippen LogP contribution in [0.5, 0.6) is 0 Å². The van der Waals surface area contributed by atoms with Gasteiger partial charge in [-0.2, -0.15) is 0 Å². The molecule has 0 saturated carbocycles. The summed E-state index contributed by atoms with van der Waals surface area (Å²) >= 11 is 5.91. The van der Waals surface area contributed by atoms with Crippen LogP contribution in [-0.4, -0.2) is 27.7 Å². The minimum atomic E-state index is -3.64. The second kappa shape index (κ2) is 5.66. The monoisotopic (exact) mass is 304 g/mol. The highest BCUT2D eigenvalue weighted by atomic mass is 35.5. The molecule has 19 heavy (non-hydrogen) atoms. The smallest absolute Gasteiger partial charge is 0.242 e. The van der Waals surface area contributed by atoms with Crippen LogP contribution in [0, 0.1) is 5.92 Å². The molecule has 1 aliphatic rings. The number of hydrogen-bond donors (Lipinski definition) is 2. The molecule has 2 rings (SSSR count). The summed E-state index contributed by atoms with van der Waals surface area (Å²) in [5, 5.41) is 0.164. The molecular formula is C12H17ClN2O3S. The maximum Gasteiger partial charge on any atom is 0.242 e. The Morgan fingerprint density at radius 3 is 2.89 bits per heavy atom. The maximum atomic E-state index is 12.2. The van der Waals surface area contributed by atoms with Gasteiger partial charge in [-0.1, -0.05) is 11.6 Å². The van der Waals surface area contributed by atoms with E-state index < -0.39 is 10.0 Å². The average molecular weight is 305 g/mol. The number of nitrogens with two attached hydrogens (primary N) is 1. The van der Waals surface area contributed by atoms with Gasteiger partial charge < -0.3 is 10.5 Å². The lowest BCUT2D eigenvalue weighted by Gasteiger charge is -2.15. The van der Waals surface area contributed by atoms with Gasteiger partial charge in [0.2, 0.25) is 10.0 Å². The summed E-state index contributed by atoms with van der Waals surface area (Å²) in [6.07, 6.45) is 0.924. The quantitative estimate of drug-likeness (QED) is 0.828. The van der Waals surface area contributed by atoms with Crippen molar-refractivity contribution in [2.45, 2.75) is 24.3 Å². The van der Waals surface area contributed by atoms with Crippen molar-refractivity contribution in [3.05, 3.63) is 23.2 Å². The van der Waals surface area contributed by atoms with Crippen LogP contribution in [0.3, 0.4) is 0 Å². The first-order valence-corrected chi connectivity index (χ1v) is 7.92. The Hall–Kier alpha value is -0.820. The highest BCUT2D eigenvalue weighted by Gasteiger charge is 2.26. The fraction of sp³-hybridized carbons (Fsp3) is 0.500. The molecule has 0 amide bonds. The zero-order chi connectivity index (χ0) is 14.0. The molecule has 5 nitrogen and oxygen atoms in total. The second-order valence-electron chi connectivity index (χ2n) is 4.67. The Morgan fingerprint density at radius 2 is 2.26 bits per heavy atom. The van der Waals surface area contributed by atoms with Crippen molar-refractivity contribution >= 4 is 27.3 Å². The number of anilines is 1. The first kappa shape index (κ1) is 14.6. The molecule has 1 heterocycles. The van der Waals surface area contributed by atoms with E-state index in [0.717, 1.165) is 6.42 Å². The standard InChI is InChI=1S/C12H17ClN2O3S/c1-8-9(4-5-18-8)7-15-19(16,17)12-6-10(14)2-3-11(12)13/h2-3,6,8-9,15H,4-5,7,14H2,1H3. The van der Waals surface area contributed by atoms with E-state index >= 15 is 0 Å². The van der Waals surface area contributed by atoms with Crippen LogP contribution in [0.25, 0.3) is 0 Å². The minimum absolute atomic E-state index is 0.0146. The molecule has 7 heteroatoms. The average Bonchev–Trinajstić information content (AvgIpc) is 2.75. The Morgan fingerprint density at radius 1 is 1.53 bits per heavy atom. The second-order valence-corrected chi connectivity index (χ2v) is 6.81. The molecule has 1 saturated heterocycles. The van der Waals surface area contributed by atoms with Crippen LogP contribution in [-0.2, 0) is 14.8 Å². The van der Waals surface area contributed by atoms with Crippen LogP contribution in [0.1, 0.15) is 13.3 Å². The van der Waals surface area contributed by atoms with Gasteiger partial charge >= 0.3 is 0 Å². The predicted molar refractivity (Wildman–Crippen MR) is 74.6 cm³/mol. The first-order valence-electron chi connectivity index (χ1n) is 6.06. The highest BCUT2D eigenvalue weighted by molar-refractivity contribution is 7.89. The van der Waals surface area contributed by atoms with E-state index in [0.29, 0.717) is 18.8 Å². The maximum absolute atomic E-state index is 12.2. The van der Waals surface area contributed by atoms with Crippen molar-refractivity contribution in [2.24, 2.45) is 5.92 Å². The topological polar surface area (TPSA) is 81.4 Å². The summed E-state index contributed by atoms with van der Waals surface area (Å²) in [7, 11) is -3.64. The van der Waals surface area contributed by atoms with Gasteiger partial charge in [0.1, 0.15) is 4.90 Å². The zero-order valence-electron chi connectivity index (χ0n) is 10.6. The summed E-state index contributed by atoms with van der Waals surface area (Å²) in [5.41, 5.74) is 5.96. The molecule has 1 aliphatic heterocycles. The van der Waals surface area contributed by atoms with E-state index in [1.54, 1.807) is 6.07 Å². The highest BCUT2D eigenvalue weighted by Crippen LogP contribution is 2.25. The molecule has 0 radical (unpaired) electrons. The molecule has 1 aromatic rings. The van der Waals surface area contributed by atoms with E-state index in [2.05, 4.69) is 4.72 Å². The lowest BCUT2D eigenvalue weighted by Crippen LogP contribution is -2.32. The molecule has 2 unspecified atom stereocenters. The Labute approximate surface area is 118 Å². The number of benzene rings is 1. The molecule has 106 valence electrons. The normalized spacial score (nSPS) is 23.7. The Kier molecular flexibility index (Phi) is 4.35. The molecule has 0 spiro atoms. The molecule has 2 atom stereocenters. The minimum Gasteiger partial charge on any atom is -0.399 e. The number of sulfonamides is 1. The lowest BCUT2D eigenvalue weighted by atomic mass is 10.0. The van der Waals surface area contributed by atoms with Gasteiger partial charge in [0.25, 0.3) is 0 Å². The van der Waals surface area contributed by atoms with Gasteiger partial charge in [-0.25, -0.2) is 13.1 Å². The number of nitrogen functional groups attached to an aromatic ring is 1. The Bertz CT molecular complexity index is 562. The Balaban J connectivity index is 2.12. The van der Waals surface area contributed by atoms with Crippen LogP contribution in [0.15, 0.2) is 23.1 Å². The van der Waals surface area contributed by atoms with Gasteiger partial charge in [-0.15, -0.1) is 0 Å². The fourth-order valence-corrected chi connectivity index (χ4v) is 3.69. The van der Waals surface area contributed by atoms with Crippen molar-refractivity contribution in [3.63, 3.8) is 0 Å². The van der Waals surface area contributed by atoms with Crippen molar-refractivity contribution in [1.82, 2.24) is 4.72 Å². The zero-order valence-corrected chi connectivity index (χ0v) is 12.2. The molecule has 3 N–H and O–H groups in total. The molecular weight excluding hydrogens is 288 g/mol.